The van der Waals surface area contributed by atoms with Gasteiger partial charge in [0.2, 0.25) is 0 Å². The van der Waals surface area contributed by atoms with Crippen LogP contribution < -0.4 is 0 Å². The summed E-state index contributed by atoms with van der Waals surface area (Å²) in [6, 6.07) is 4.86. The topological polar surface area (TPSA) is 20.7 Å². The molecule has 0 aliphatic heterocycles. The monoisotopic (exact) mass is 264 g/mol. The molecule has 0 amide bonds. The van der Waals surface area contributed by atoms with Crippen LogP contribution >= 0.6 is 12.2 Å². The van der Waals surface area contributed by atoms with Gasteiger partial charge in [0.15, 0.2) is 4.77 Å². The minimum atomic E-state index is -0.223. The van der Waals surface area contributed by atoms with Gasteiger partial charge in [-0.2, -0.15) is 0 Å². The molecule has 0 atom stereocenters. The van der Waals surface area contributed by atoms with Gasteiger partial charge in [0.05, 0.1) is 11.0 Å². The summed E-state index contributed by atoms with van der Waals surface area (Å²) in [5.74, 6) is -0.223. The molecule has 0 spiro atoms. The van der Waals surface area contributed by atoms with E-state index in [9.17, 15) is 4.39 Å². The number of aromatic amines is 1. The summed E-state index contributed by atoms with van der Waals surface area (Å²) in [5, 5.41) is 0. The molecule has 0 saturated heterocycles. The van der Waals surface area contributed by atoms with Gasteiger partial charge in [-0.3, -0.25) is 0 Å². The minimum absolute atomic E-state index is 0.0748. The smallest absolute Gasteiger partial charge is 0.178 e. The summed E-state index contributed by atoms with van der Waals surface area (Å²) >= 11 is 5.43. The van der Waals surface area contributed by atoms with E-state index < -0.39 is 0 Å². The standard InChI is InChI=1S/C14H17FN2S/c1-14(7-3-2-4-8-14)17-12-6-5-10(15)9-11(12)16-13(17)18/h5-6,9H,2-4,7-8H2,1H3,(H,16,18). The molecule has 1 fully saturated rings. The van der Waals surface area contributed by atoms with Crippen LogP contribution in [0, 0.1) is 10.6 Å². The van der Waals surface area contributed by atoms with E-state index in [-0.39, 0.29) is 11.4 Å². The number of hydrogen-bond donors (Lipinski definition) is 1. The van der Waals surface area contributed by atoms with Crippen molar-refractivity contribution in [2.24, 2.45) is 0 Å². The summed E-state index contributed by atoms with van der Waals surface area (Å²) in [4.78, 5) is 3.13. The lowest BCUT2D eigenvalue weighted by Gasteiger charge is -2.35. The normalized spacial score (nSPS) is 19.2. The van der Waals surface area contributed by atoms with E-state index in [1.165, 1.54) is 31.4 Å². The van der Waals surface area contributed by atoms with E-state index in [0.717, 1.165) is 23.9 Å². The predicted octanol–water partition coefficient (Wildman–Crippen LogP) is 4.52. The second-order valence-electron chi connectivity index (χ2n) is 5.48. The fourth-order valence-corrected chi connectivity index (χ4v) is 3.59. The fourth-order valence-electron chi connectivity index (χ4n) is 3.16. The van der Waals surface area contributed by atoms with Gasteiger partial charge in [0.25, 0.3) is 0 Å². The number of aromatic nitrogens is 2. The number of imidazole rings is 1. The number of H-pyrrole nitrogens is 1. The van der Waals surface area contributed by atoms with E-state index in [4.69, 9.17) is 12.2 Å². The lowest BCUT2D eigenvalue weighted by atomic mass is 9.83. The summed E-state index contributed by atoms with van der Waals surface area (Å²) in [7, 11) is 0. The quantitative estimate of drug-likeness (QED) is 0.751. The van der Waals surface area contributed by atoms with Gasteiger partial charge in [-0.25, -0.2) is 4.39 Å². The van der Waals surface area contributed by atoms with Gasteiger partial charge in [-0.15, -0.1) is 0 Å². The zero-order valence-electron chi connectivity index (χ0n) is 10.5. The van der Waals surface area contributed by atoms with Gasteiger partial charge >= 0.3 is 0 Å². The lowest BCUT2D eigenvalue weighted by Crippen LogP contribution is -2.32. The van der Waals surface area contributed by atoms with Gasteiger partial charge in [0, 0.05) is 5.54 Å². The van der Waals surface area contributed by atoms with E-state index in [2.05, 4.69) is 16.5 Å². The molecule has 1 aliphatic carbocycles. The third-order valence-electron chi connectivity index (χ3n) is 4.11. The predicted molar refractivity (Wildman–Crippen MR) is 73.8 cm³/mol. The number of hydrogen-bond acceptors (Lipinski definition) is 1. The molecule has 18 heavy (non-hydrogen) atoms. The van der Waals surface area contributed by atoms with Crippen LogP contribution in [0.15, 0.2) is 18.2 Å². The molecule has 1 aromatic carbocycles. The number of nitrogens with zero attached hydrogens (tertiary/aromatic N) is 1. The van der Waals surface area contributed by atoms with E-state index in [1.807, 2.05) is 6.07 Å². The number of rotatable bonds is 1. The molecule has 2 nitrogen and oxygen atoms in total. The molecule has 1 saturated carbocycles. The molecule has 0 radical (unpaired) electrons. The molecule has 1 aromatic heterocycles. The Morgan fingerprint density at radius 1 is 1.28 bits per heavy atom. The Morgan fingerprint density at radius 2 is 2.00 bits per heavy atom. The second-order valence-corrected chi connectivity index (χ2v) is 5.87. The zero-order chi connectivity index (χ0) is 12.8. The van der Waals surface area contributed by atoms with Crippen molar-refractivity contribution >= 4 is 23.3 Å². The zero-order valence-corrected chi connectivity index (χ0v) is 11.3. The maximum Gasteiger partial charge on any atom is 0.178 e. The average molecular weight is 264 g/mol. The Labute approximate surface area is 111 Å². The Hall–Kier alpha value is -1.16. The van der Waals surface area contributed by atoms with Gasteiger partial charge < -0.3 is 9.55 Å². The van der Waals surface area contributed by atoms with Crippen molar-refractivity contribution in [2.45, 2.75) is 44.6 Å². The highest BCUT2D eigenvalue weighted by atomic mass is 32.1. The number of nitrogens with one attached hydrogen (secondary N) is 1. The second kappa shape index (κ2) is 4.19. The van der Waals surface area contributed by atoms with Crippen LogP contribution in [0.1, 0.15) is 39.0 Å². The first-order valence-corrected chi connectivity index (χ1v) is 6.92. The van der Waals surface area contributed by atoms with Crippen molar-refractivity contribution in [3.05, 3.63) is 28.8 Å². The Morgan fingerprint density at radius 3 is 2.72 bits per heavy atom. The first-order valence-electron chi connectivity index (χ1n) is 6.51. The fraction of sp³-hybridized carbons (Fsp3) is 0.500. The number of benzene rings is 1. The lowest BCUT2D eigenvalue weighted by molar-refractivity contribution is 0.222. The molecule has 1 N–H and O–H groups in total. The SMILES string of the molecule is CC1(n2c(=S)[nH]c3cc(F)ccc32)CCCCC1. The van der Waals surface area contributed by atoms with E-state index in [0.29, 0.717) is 4.77 Å². The van der Waals surface area contributed by atoms with Crippen molar-refractivity contribution in [2.75, 3.05) is 0 Å². The number of halogens is 1. The third kappa shape index (κ3) is 1.79. The summed E-state index contributed by atoms with van der Waals surface area (Å²) in [5.41, 5.74) is 1.89. The Kier molecular flexibility index (Phi) is 2.77. The first kappa shape index (κ1) is 11.9. The molecule has 1 aliphatic rings. The largest absolute Gasteiger partial charge is 0.330 e. The molecule has 3 rings (SSSR count). The van der Waals surface area contributed by atoms with Crippen molar-refractivity contribution in [1.29, 1.82) is 0 Å². The minimum Gasteiger partial charge on any atom is -0.330 e. The Balaban J connectivity index is 2.22. The Bertz CT molecular complexity index is 635. The molecule has 2 aromatic rings. The van der Waals surface area contributed by atoms with Crippen LogP contribution in [0.2, 0.25) is 0 Å². The van der Waals surface area contributed by atoms with Crippen LogP contribution in [0.5, 0.6) is 0 Å². The maximum atomic E-state index is 13.3. The van der Waals surface area contributed by atoms with E-state index >= 15 is 0 Å². The van der Waals surface area contributed by atoms with Crippen LogP contribution in [0.3, 0.4) is 0 Å². The van der Waals surface area contributed by atoms with Gasteiger partial charge in [-0.1, -0.05) is 19.3 Å². The average Bonchev–Trinajstić information content (AvgIpc) is 2.65. The van der Waals surface area contributed by atoms with Crippen LogP contribution in [-0.2, 0) is 5.54 Å². The summed E-state index contributed by atoms with van der Waals surface area (Å²) < 4.78 is 16.2. The molecular formula is C14H17FN2S. The van der Waals surface area contributed by atoms with Crippen molar-refractivity contribution in [1.82, 2.24) is 9.55 Å². The molecular weight excluding hydrogens is 247 g/mol. The van der Waals surface area contributed by atoms with Gasteiger partial charge in [-0.05, 0) is 50.2 Å². The summed E-state index contributed by atoms with van der Waals surface area (Å²) in [6.45, 7) is 2.26. The van der Waals surface area contributed by atoms with Crippen molar-refractivity contribution < 1.29 is 4.39 Å². The highest BCUT2D eigenvalue weighted by Crippen LogP contribution is 2.37. The highest BCUT2D eigenvalue weighted by molar-refractivity contribution is 7.71. The molecule has 0 unspecified atom stereocenters. The van der Waals surface area contributed by atoms with Crippen LogP contribution in [0.4, 0.5) is 4.39 Å². The van der Waals surface area contributed by atoms with Gasteiger partial charge in [0.1, 0.15) is 5.82 Å². The van der Waals surface area contributed by atoms with Crippen LogP contribution in [-0.4, -0.2) is 9.55 Å². The molecule has 96 valence electrons. The molecule has 0 bridgehead atoms. The van der Waals surface area contributed by atoms with Crippen molar-refractivity contribution in [3.63, 3.8) is 0 Å². The maximum absolute atomic E-state index is 13.3. The first-order chi connectivity index (χ1) is 8.60. The van der Waals surface area contributed by atoms with Crippen molar-refractivity contribution in [3.8, 4) is 0 Å². The number of fused-ring (bicyclic) bond motifs is 1. The molecule has 4 heteroatoms. The highest BCUT2D eigenvalue weighted by Gasteiger charge is 2.30. The van der Waals surface area contributed by atoms with Crippen LogP contribution in [0.25, 0.3) is 11.0 Å². The third-order valence-corrected chi connectivity index (χ3v) is 4.40. The van der Waals surface area contributed by atoms with E-state index in [1.54, 1.807) is 0 Å². The molecule has 1 heterocycles. The summed E-state index contributed by atoms with van der Waals surface area (Å²) in [6.07, 6.45) is 6.08.